The summed E-state index contributed by atoms with van der Waals surface area (Å²) in [5.41, 5.74) is 6.06. The summed E-state index contributed by atoms with van der Waals surface area (Å²) < 4.78 is 6.79. The lowest BCUT2D eigenvalue weighted by Gasteiger charge is -2.15. The molecule has 0 amide bonds. The Bertz CT molecular complexity index is 912. The summed E-state index contributed by atoms with van der Waals surface area (Å²) in [5.74, 6) is 1.72. The topological polar surface area (TPSA) is 94.6 Å². The van der Waals surface area contributed by atoms with Crippen LogP contribution in [0.1, 0.15) is 52.7 Å². The summed E-state index contributed by atoms with van der Waals surface area (Å²) in [7, 11) is 0. The Balaban J connectivity index is 1.75. The Hall–Kier alpha value is -2.77. The van der Waals surface area contributed by atoms with Crippen molar-refractivity contribution >= 4 is 5.82 Å². The molecule has 0 aliphatic carbocycles. The smallest absolute Gasteiger partial charge is 0.130 e. The van der Waals surface area contributed by atoms with Crippen LogP contribution in [0.4, 0.5) is 5.82 Å². The van der Waals surface area contributed by atoms with E-state index in [4.69, 9.17) is 4.63 Å². The van der Waals surface area contributed by atoms with Crippen LogP contribution in [0.15, 0.2) is 10.7 Å². The molecule has 3 aromatic rings. The minimum absolute atomic E-state index is 0.213. The van der Waals surface area contributed by atoms with Gasteiger partial charge in [0.15, 0.2) is 0 Å². The standard InChI is InChI=1S/C18H25N7O/c1-10(9-25-14(5)11(2)12(3)22-25)16-7-18(21-15(6)20-16)19-8-17-13(4)23-26-24-17/h7,10H,8-9H2,1-6H3,(H,19,20,21). The molecular formula is C18H25N7O. The predicted octanol–water partition coefficient (Wildman–Crippen LogP) is 3.01. The van der Waals surface area contributed by atoms with Gasteiger partial charge in [-0.2, -0.15) is 5.10 Å². The highest BCUT2D eigenvalue weighted by Crippen LogP contribution is 2.21. The first kappa shape index (κ1) is 18.0. The number of aryl methyl sites for hydroxylation is 3. The maximum Gasteiger partial charge on any atom is 0.130 e. The van der Waals surface area contributed by atoms with Crippen LogP contribution in [-0.2, 0) is 13.1 Å². The lowest BCUT2D eigenvalue weighted by atomic mass is 10.1. The van der Waals surface area contributed by atoms with E-state index in [1.165, 1.54) is 11.3 Å². The van der Waals surface area contributed by atoms with Crippen LogP contribution in [-0.4, -0.2) is 30.1 Å². The fourth-order valence-corrected chi connectivity index (χ4v) is 2.84. The van der Waals surface area contributed by atoms with E-state index in [9.17, 15) is 0 Å². The SMILES string of the molecule is Cc1nc(NCc2nonc2C)cc(C(C)Cn2nc(C)c(C)c2C)n1. The Kier molecular flexibility index (Phi) is 5.01. The fourth-order valence-electron chi connectivity index (χ4n) is 2.84. The molecule has 8 heteroatoms. The number of nitrogens with zero attached hydrogens (tertiary/aromatic N) is 6. The van der Waals surface area contributed by atoms with E-state index in [2.05, 4.69) is 56.1 Å². The van der Waals surface area contributed by atoms with Crippen molar-refractivity contribution in [3.8, 4) is 0 Å². The molecular weight excluding hydrogens is 330 g/mol. The van der Waals surface area contributed by atoms with Gasteiger partial charge < -0.3 is 5.32 Å². The number of nitrogens with one attached hydrogen (secondary N) is 1. The lowest BCUT2D eigenvalue weighted by molar-refractivity contribution is 0.301. The van der Waals surface area contributed by atoms with Crippen LogP contribution in [0.2, 0.25) is 0 Å². The van der Waals surface area contributed by atoms with E-state index in [0.717, 1.165) is 41.0 Å². The molecule has 0 aliphatic heterocycles. The molecule has 3 aromatic heterocycles. The van der Waals surface area contributed by atoms with Gasteiger partial charge in [-0.15, -0.1) is 0 Å². The largest absolute Gasteiger partial charge is 0.364 e. The molecule has 1 unspecified atom stereocenters. The van der Waals surface area contributed by atoms with Gasteiger partial charge >= 0.3 is 0 Å². The second-order valence-corrected chi connectivity index (χ2v) is 6.75. The first-order valence-electron chi connectivity index (χ1n) is 8.73. The zero-order valence-corrected chi connectivity index (χ0v) is 16.2. The third-order valence-electron chi connectivity index (χ3n) is 4.74. The summed E-state index contributed by atoms with van der Waals surface area (Å²) in [6.45, 7) is 13.5. The summed E-state index contributed by atoms with van der Waals surface area (Å²) in [6.07, 6.45) is 0. The van der Waals surface area contributed by atoms with E-state index in [1.807, 2.05) is 26.8 Å². The first-order valence-corrected chi connectivity index (χ1v) is 8.73. The van der Waals surface area contributed by atoms with Crippen molar-refractivity contribution in [1.82, 2.24) is 30.1 Å². The van der Waals surface area contributed by atoms with Gasteiger partial charge in [0.2, 0.25) is 0 Å². The Morgan fingerprint density at radius 2 is 1.85 bits per heavy atom. The molecule has 0 bridgehead atoms. The van der Waals surface area contributed by atoms with E-state index in [-0.39, 0.29) is 5.92 Å². The minimum Gasteiger partial charge on any atom is -0.364 e. The Morgan fingerprint density at radius 1 is 1.08 bits per heavy atom. The van der Waals surface area contributed by atoms with Crippen LogP contribution in [0.3, 0.4) is 0 Å². The zero-order valence-electron chi connectivity index (χ0n) is 16.2. The average Bonchev–Trinajstić information content (AvgIpc) is 3.11. The van der Waals surface area contributed by atoms with Crippen LogP contribution >= 0.6 is 0 Å². The van der Waals surface area contributed by atoms with Crippen LogP contribution in [0.5, 0.6) is 0 Å². The number of aromatic nitrogens is 6. The van der Waals surface area contributed by atoms with Gasteiger partial charge in [0.25, 0.3) is 0 Å². The normalized spacial score (nSPS) is 12.4. The molecule has 3 rings (SSSR count). The second-order valence-electron chi connectivity index (χ2n) is 6.75. The van der Waals surface area contributed by atoms with Gasteiger partial charge in [-0.05, 0) is 40.2 Å². The van der Waals surface area contributed by atoms with Gasteiger partial charge in [0.1, 0.15) is 23.0 Å². The van der Waals surface area contributed by atoms with Crippen molar-refractivity contribution in [1.29, 1.82) is 0 Å². The molecule has 0 saturated heterocycles. The molecule has 138 valence electrons. The molecule has 0 aromatic carbocycles. The summed E-state index contributed by atoms with van der Waals surface area (Å²) in [5, 5.41) is 15.6. The average molecular weight is 355 g/mol. The van der Waals surface area contributed by atoms with Gasteiger partial charge in [0, 0.05) is 24.2 Å². The molecule has 1 atom stereocenters. The fraction of sp³-hybridized carbons (Fsp3) is 0.500. The maximum absolute atomic E-state index is 4.73. The van der Waals surface area contributed by atoms with Crippen LogP contribution in [0, 0.1) is 34.6 Å². The number of hydrogen-bond donors (Lipinski definition) is 1. The van der Waals surface area contributed by atoms with Gasteiger partial charge in [-0.1, -0.05) is 17.2 Å². The van der Waals surface area contributed by atoms with Crippen LogP contribution in [0.25, 0.3) is 0 Å². The summed E-state index contributed by atoms with van der Waals surface area (Å²) >= 11 is 0. The summed E-state index contributed by atoms with van der Waals surface area (Å²) in [6, 6.07) is 1.99. The first-order chi connectivity index (χ1) is 12.3. The number of rotatable bonds is 6. The van der Waals surface area contributed by atoms with Crippen molar-refractivity contribution < 1.29 is 4.63 Å². The molecule has 0 aliphatic rings. The quantitative estimate of drug-likeness (QED) is 0.726. The number of hydrogen-bond acceptors (Lipinski definition) is 7. The van der Waals surface area contributed by atoms with E-state index < -0.39 is 0 Å². The highest BCUT2D eigenvalue weighted by Gasteiger charge is 2.15. The van der Waals surface area contributed by atoms with Crippen molar-refractivity contribution in [3.05, 3.63) is 45.9 Å². The Morgan fingerprint density at radius 3 is 2.46 bits per heavy atom. The van der Waals surface area contributed by atoms with Gasteiger partial charge in [-0.3, -0.25) is 4.68 Å². The van der Waals surface area contributed by atoms with E-state index in [1.54, 1.807) is 0 Å². The molecule has 8 nitrogen and oxygen atoms in total. The molecule has 26 heavy (non-hydrogen) atoms. The highest BCUT2D eigenvalue weighted by atomic mass is 16.6. The lowest BCUT2D eigenvalue weighted by Crippen LogP contribution is -2.13. The van der Waals surface area contributed by atoms with Crippen molar-refractivity contribution in [2.75, 3.05) is 5.32 Å². The molecule has 0 radical (unpaired) electrons. The third kappa shape index (κ3) is 3.74. The van der Waals surface area contributed by atoms with Crippen molar-refractivity contribution in [2.45, 2.75) is 60.5 Å². The van der Waals surface area contributed by atoms with Crippen molar-refractivity contribution in [2.24, 2.45) is 0 Å². The zero-order chi connectivity index (χ0) is 18.8. The summed E-state index contributed by atoms with van der Waals surface area (Å²) in [4.78, 5) is 9.08. The molecule has 3 heterocycles. The second kappa shape index (κ2) is 7.23. The molecule has 0 spiro atoms. The van der Waals surface area contributed by atoms with E-state index >= 15 is 0 Å². The molecule has 0 fully saturated rings. The third-order valence-corrected chi connectivity index (χ3v) is 4.74. The van der Waals surface area contributed by atoms with Gasteiger partial charge in [-0.25, -0.2) is 14.6 Å². The Labute approximate surface area is 153 Å². The molecule has 1 N–H and O–H groups in total. The predicted molar refractivity (Wildman–Crippen MR) is 98.0 cm³/mol. The van der Waals surface area contributed by atoms with Crippen LogP contribution < -0.4 is 5.32 Å². The molecule has 0 saturated carbocycles. The van der Waals surface area contributed by atoms with Crippen molar-refractivity contribution in [3.63, 3.8) is 0 Å². The van der Waals surface area contributed by atoms with E-state index in [0.29, 0.717) is 6.54 Å². The highest BCUT2D eigenvalue weighted by molar-refractivity contribution is 5.37. The number of anilines is 1. The maximum atomic E-state index is 4.73. The monoisotopic (exact) mass is 355 g/mol. The minimum atomic E-state index is 0.213. The van der Waals surface area contributed by atoms with Gasteiger partial charge in [0.05, 0.1) is 17.9 Å².